The Morgan fingerprint density at radius 1 is 1.24 bits per heavy atom. The van der Waals surface area contributed by atoms with E-state index in [0.717, 1.165) is 31.1 Å². The standard InChI is InChI=1S/C14H23ClN2/c1-4-16-14(10-11-17(3)5-2)12-6-8-13(15)9-7-12/h6-9,14,16H,4-5,10-11H2,1-3H3. The summed E-state index contributed by atoms with van der Waals surface area (Å²) < 4.78 is 0. The minimum Gasteiger partial charge on any atom is -0.310 e. The molecule has 0 heterocycles. The van der Waals surface area contributed by atoms with Gasteiger partial charge in [0.05, 0.1) is 0 Å². The van der Waals surface area contributed by atoms with Crippen LogP contribution in [-0.4, -0.2) is 31.6 Å². The Hall–Kier alpha value is -0.570. The third-order valence-corrected chi connectivity index (χ3v) is 3.31. The summed E-state index contributed by atoms with van der Waals surface area (Å²) in [7, 11) is 2.16. The summed E-state index contributed by atoms with van der Waals surface area (Å²) >= 11 is 5.91. The maximum Gasteiger partial charge on any atom is 0.0406 e. The molecule has 1 unspecified atom stereocenters. The van der Waals surface area contributed by atoms with Gasteiger partial charge in [-0.25, -0.2) is 0 Å². The van der Waals surface area contributed by atoms with Gasteiger partial charge in [-0.1, -0.05) is 37.6 Å². The van der Waals surface area contributed by atoms with E-state index in [1.165, 1.54) is 5.56 Å². The molecule has 2 nitrogen and oxygen atoms in total. The first-order valence-electron chi connectivity index (χ1n) is 6.34. The van der Waals surface area contributed by atoms with E-state index in [1.54, 1.807) is 0 Å². The molecule has 1 aromatic carbocycles. The molecule has 0 aliphatic heterocycles. The molecule has 1 atom stereocenters. The Kier molecular flexibility index (Phi) is 6.56. The molecule has 0 aliphatic rings. The SMILES string of the molecule is CCNC(CCN(C)CC)c1ccc(Cl)cc1. The molecule has 1 aromatic rings. The number of benzene rings is 1. The van der Waals surface area contributed by atoms with E-state index >= 15 is 0 Å². The van der Waals surface area contributed by atoms with E-state index in [-0.39, 0.29) is 0 Å². The van der Waals surface area contributed by atoms with Crippen molar-refractivity contribution in [2.75, 3.05) is 26.7 Å². The van der Waals surface area contributed by atoms with Crippen LogP contribution in [0.5, 0.6) is 0 Å². The number of nitrogens with one attached hydrogen (secondary N) is 1. The summed E-state index contributed by atoms with van der Waals surface area (Å²) in [5.41, 5.74) is 1.32. The topological polar surface area (TPSA) is 15.3 Å². The molecule has 0 aromatic heterocycles. The number of rotatable bonds is 7. The van der Waals surface area contributed by atoms with Crippen molar-refractivity contribution in [3.8, 4) is 0 Å². The molecule has 0 aliphatic carbocycles. The molecule has 0 amide bonds. The lowest BCUT2D eigenvalue weighted by atomic mass is 10.0. The molecule has 0 fully saturated rings. The summed E-state index contributed by atoms with van der Waals surface area (Å²) in [5, 5.41) is 4.33. The minimum atomic E-state index is 0.422. The summed E-state index contributed by atoms with van der Waals surface area (Å²) in [6.45, 7) is 7.52. The third-order valence-electron chi connectivity index (χ3n) is 3.06. The molecule has 0 spiro atoms. The molecule has 17 heavy (non-hydrogen) atoms. The second kappa shape index (κ2) is 7.70. The van der Waals surface area contributed by atoms with E-state index < -0.39 is 0 Å². The summed E-state index contributed by atoms with van der Waals surface area (Å²) in [4.78, 5) is 2.33. The molecule has 0 saturated carbocycles. The van der Waals surface area contributed by atoms with E-state index in [1.807, 2.05) is 12.1 Å². The smallest absolute Gasteiger partial charge is 0.0406 e. The van der Waals surface area contributed by atoms with Crippen molar-refractivity contribution < 1.29 is 0 Å². The van der Waals surface area contributed by atoms with Gasteiger partial charge >= 0.3 is 0 Å². The van der Waals surface area contributed by atoms with Gasteiger partial charge in [0.15, 0.2) is 0 Å². The Labute approximate surface area is 110 Å². The first kappa shape index (κ1) is 14.5. The van der Waals surface area contributed by atoms with Gasteiger partial charge in [0.1, 0.15) is 0 Å². The van der Waals surface area contributed by atoms with Crippen LogP contribution in [0.4, 0.5) is 0 Å². The van der Waals surface area contributed by atoms with Crippen LogP contribution >= 0.6 is 11.6 Å². The highest BCUT2D eigenvalue weighted by Crippen LogP contribution is 2.19. The van der Waals surface area contributed by atoms with Crippen LogP contribution in [-0.2, 0) is 0 Å². The van der Waals surface area contributed by atoms with Crippen LogP contribution in [0.25, 0.3) is 0 Å². The van der Waals surface area contributed by atoms with Gasteiger partial charge in [0, 0.05) is 11.1 Å². The zero-order valence-electron chi connectivity index (χ0n) is 11.0. The van der Waals surface area contributed by atoms with Crippen LogP contribution in [0.15, 0.2) is 24.3 Å². The Bertz CT molecular complexity index is 311. The van der Waals surface area contributed by atoms with Gasteiger partial charge in [-0.05, 0) is 50.8 Å². The highest BCUT2D eigenvalue weighted by molar-refractivity contribution is 6.30. The van der Waals surface area contributed by atoms with Crippen LogP contribution < -0.4 is 5.32 Å². The predicted octanol–water partition coefficient (Wildman–Crippen LogP) is 3.33. The van der Waals surface area contributed by atoms with Crippen molar-refractivity contribution in [3.05, 3.63) is 34.9 Å². The van der Waals surface area contributed by atoms with Crippen molar-refractivity contribution in [2.24, 2.45) is 0 Å². The highest BCUT2D eigenvalue weighted by atomic mass is 35.5. The lowest BCUT2D eigenvalue weighted by molar-refractivity contribution is 0.322. The zero-order chi connectivity index (χ0) is 12.7. The van der Waals surface area contributed by atoms with Crippen molar-refractivity contribution >= 4 is 11.6 Å². The van der Waals surface area contributed by atoms with Gasteiger partial charge in [-0.3, -0.25) is 0 Å². The Morgan fingerprint density at radius 2 is 1.88 bits per heavy atom. The predicted molar refractivity (Wildman–Crippen MR) is 75.7 cm³/mol. The van der Waals surface area contributed by atoms with Crippen molar-refractivity contribution in [2.45, 2.75) is 26.3 Å². The summed E-state index contributed by atoms with van der Waals surface area (Å²) in [5.74, 6) is 0. The van der Waals surface area contributed by atoms with E-state index in [4.69, 9.17) is 11.6 Å². The first-order valence-corrected chi connectivity index (χ1v) is 6.72. The largest absolute Gasteiger partial charge is 0.310 e. The molecule has 3 heteroatoms. The molecular formula is C14H23ClN2. The van der Waals surface area contributed by atoms with E-state index in [0.29, 0.717) is 6.04 Å². The second-order valence-electron chi connectivity index (χ2n) is 4.35. The number of halogens is 1. The first-order chi connectivity index (χ1) is 8.17. The average Bonchev–Trinajstić information content (AvgIpc) is 2.35. The summed E-state index contributed by atoms with van der Waals surface area (Å²) in [6, 6.07) is 8.57. The van der Waals surface area contributed by atoms with Crippen molar-refractivity contribution in [1.29, 1.82) is 0 Å². The molecule has 0 saturated heterocycles. The Balaban J connectivity index is 2.61. The molecular weight excluding hydrogens is 232 g/mol. The lowest BCUT2D eigenvalue weighted by Crippen LogP contribution is -2.27. The number of hydrogen-bond acceptors (Lipinski definition) is 2. The van der Waals surface area contributed by atoms with Gasteiger partial charge in [-0.15, -0.1) is 0 Å². The maximum atomic E-state index is 5.91. The third kappa shape index (κ3) is 5.07. The minimum absolute atomic E-state index is 0.422. The lowest BCUT2D eigenvalue weighted by Gasteiger charge is -2.22. The maximum absolute atomic E-state index is 5.91. The number of hydrogen-bond donors (Lipinski definition) is 1. The molecule has 1 N–H and O–H groups in total. The van der Waals surface area contributed by atoms with Crippen LogP contribution in [0.2, 0.25) is 5.02 Å². The van der Waals surface area contributed by atoms with E-state index in [2.05, 4.69) is 43.2 Å². The van der Waals surface area contributed by atoms with Crippen molar-refractivity contribution in [3.63, 3.8) is 0 Å². The molecule has 1 rings (SSSR count). The second-order valence-corrected chi connectivity index (χ2v) is 4.78. The van der Waals surface area contributed by atoms with Crippen LogP contribution in [0.1, 0.15) is 31.9 Å². The zero-order valence-corrected chi connectivity index (χ0v) is 11.8. The normalized spacial score (nSPS) is 13.0. The highest BCUT2D eigenvalue weighted by Gasteiger charge is 2.10. The summed E-state index contributed by atoms with van der Waals surface area (Å²) in [6.07, 6.45) is 1.12. The Morgan fingerprint density at radius 3 is 2.41 bits per heavy atom. The van der Waals surface area contributed by atoms with Gasteiger partial charge in [-0.2, -0.15) is 0 Å². The fourth-order valence-electron chi connectivity index (χ4n) is 1.84. The van der Waals surface area contributed by atoms with Gasteiger partial charge < -0.3 is 10.2 Å². The van der Waals surface area contributed by atoms with Crippen LogP contribution in [0.3, 0.4) is 0 Å². The quantitative estimate of drug-likeness (QED) is 0.803. The fourth-order valence-corrected chi connectivity index (χ4v) is 1.96. The van der Waals surface area contributed by atoms with Crippen LogP contribution in [0, 0.1) is 0 Å². The molecule has 96 valence electrons. The van der Waals surface area contributed by atoms with Crippen molar-refractivity contribution in [1.82, 2.24) is 10.2 Å². The van der Waals surface area contributed by atoms with Gasteiger partial charge in [0.2, 0.25) is 0 Å². The van der Waals surface area contributed by atoms with Gasteiger partial charge in [0.25, 0.3) is 0 Å². The monoisotopic (exact) mass is 254 g/mol. The van der Waals surface area contributed by atoms with E-state index in [9.17, 15) is 0 Å². The molecule has 0 radical (unpaired) electrons. The fraction of sp³-hybridized carbons (Fsp3) is 0.571. The average molecular weight is 255 g/mol. The molecule has 0 bridgehead atoms. The number of nitrogens with zero attached hydrogens (tertiary/aromatic N) is 1.